The zero-order chi connectivity index (χ0) is 7.33. The molecule has 0 bridgehead atoms. The van der Waals surface area contributed by atoms with E-state index in [0.717, 1.165) is 12.3 Å². The highest BCUT2D eigenvalue weighted by Gasteiger charge is 2.22. The van der Waals surface area contributed by atoms with E-state index < -0.39 is 7.26 Å². The molecule has 2 nitrogen and oxygen atoms in total. The van der Waals surface area contributed by atoms with Crippen LogP contribution in [0, 0.1) is 0 Å². The zero-order valence-corrected chi connectivity index (χ0v) is 7.06. The average molecular weight is 151 g/mol. The van der Waals surface area contributed by atoms with Crippen LogP contribution in [0.15, 0.2) is 0 Å². The summed E-state index contributed by atoms with van der Waals surface area (Å²) in [5.41, 5.74) is 0. The van der Waals surface area contributed by atoms with Gasteiger partial charge in [-0.2, -0.15) is 0 Å². The summed E-state index contributed by atoms with van der Waals surface area (Å²) in [5.74, 6) is 0. The molecule has 0 fully saturated rings. The van der Waals surface area contributed by atoms with E-state index in [2.05, 4.69) is 13.3 Å². The Morgan fingerprint density at radius 2 is 1.33 bits per heavy atom. The molecule has 0 saturated heterocycles. The van der Waals surface area contributed by atoms with Gasteiger partial charge in [0.05, 0.1) is 25.5 Å². The summed E-state index contributed by atoms with van der Waals surface area (Å²) in [6.45, 7) is 4.83. The van der Waals surface area contributed by atoms with E-state index in [9.17, 15) is 0 Å². The second-order valence-corrected chi connectivity index (χ2v) is 7.60. The van der Waals surface area contributed by atoms with Gasteiger partial charge in [0.1, 0.15) is 0 Å². The van der Waals surface area contributed by atoms with E-state index in [4.69, 9.17) is 10.2 Å². The maximum absolute atomic E-state index is 8.57. The fraction of sp³-hybridized carbons (Fsp3) is 1.00. The molecule has 0 amide bonds. The summed E-state index contributed by atoms with van der Waals surface area (Å²) >= 11 is 0. The molecule has 0 heterocycles. The predicted octanol–water partition coefficient (Wildman–Crippen LogP) is 0.248. The van der Waals surface area contributed by atoms with E-state index in [0.29, 0.717) is 0 Å². The first kappa shape index (κ1) is 9.35. The Labute approximate surface area is 57.2 Å². The summed E-state index contributed by atoms with van der Waals surface area (Å²) in [7, 11) is -0.943. The van der Waals surface area contributed by atoms with Crippen LogP contribution in [0.3, 0.4) is 0 Å². The largest absolute Gasteiger partial charge is 0.393 e. The van der Waals surface area contributed by atoms with Crippen LogP contribution in [0.5, 0.6) is 0 Å². The van der Waals surface area contributed by atoms with Crippen LogP contribution in [0.25, 0.3) is 0 Å². The van der Waals surface area contributed by atoms with Crippen molar-refractivity contribution in [1.29, 1.82) is 0 Å². The first-order valence-electron chi connectivity index (χ1n) is 3.16. The highest BCUT2D eigenvalue weighted by Crippen LogP contribution is 2.49. The first-order valence-corrected chi connectivity index (χ1v) is 6.21. The van der Waals surface area contributed by atoms with Crippen molar-refractivity contribution in [1.82, 2.24) is 0 Å². The monoisotopic (exact) mass is 151 g/mol. The summed E-state index contributed by atoms with van der Waals surface area (Å²) in [5, 5.41) is 17.1. The maximum Gasteiger partial charge on any atom is 0.0820 e. The minimum atomic E-state index is -0.943. The van der Waals surface area contributed by atoms with Gasteiger partial charge in [0.15, 0.2) is 0 Å². The highest BCUT2D eigenvalue weighted by atomic mass is 31.2. The molecule has 0 aromatic heterocycles. The van der Waals surface area contributed by atoms with E-state index in [1.807, 2.05) is 0 Å². The minimum Gasteiger partial charge on any atom is -0.393 e. The van der Waals surface area contributed by atoms with Crippen LogP contribution >= 0.6 is 7.26 Å². The lowest BCUT2D eigenvalue weighted by atomic mass is 10.9. The molecule has 0 radical (unpaired) electrons. The van der Waals surface area contributed by atoms with Gasteiger partial charge in [0.25, 0.3) is 0 Å². The number of aliphatic hydroxyl groups excluding tert-OH is 2. The second kappa shape index (κ2) is 4.21. The quantitative estimate of drug-likeness (QED) is 0.565. The van der Waals surface area contributed by atoms with Crippen molar-refractivity contribution in [2.24, 2.45) is 0 Å². The van der Waals surface area contributed by atoms with Gasteiger partial charge in [-0.1, -0.05) is 0 Å². The Kier molecular flexibility index (Phi) is 4.37. The fourth-order valence-corrected chi connectivity index (χ4v) is 1.96. The minimum absolute atomic E-state index is 0.265. The van der Waals surface area contributed by atoms with Crippen LogP contribution < -0.4 is 0 Å². The number of hydrogen-bond donors (Lipinski definition) is 2. The topological polar surface area (TPSA) is 40.5 Å². The smallest absolute Gasteiger partial charge is 0.0820 e. The molecule has 0 rings (SSSR count). The van der Waals surface area contributed by atoms with Crippen LogP contribution in [0.4, 0.5) is 0 Å². The molecule has 3 heteroatoms. The molecule has 0 aromatic carbocycles. The maximum atomic E-state index is 8.57. The van der Waals surface area contributed by atoms with Crippen LogP contribution in [-0.4, -0.2) is 49.1 Å². The fourth-order valence-electron chi connectivity index (χ4n) is 0.653. The Hall–Kier alpha value is 0.350. The predicted molar refractivity (Wildman–Crippen MR) is 42.7 cm³/mol. The van der Waals surface area contributed by atoms with E-state index in [1.54, 1.807) is 0 Å². The van der Waals surface area contributed by atoms with E-state index in [1.165, 1.54) is 0 Å². The molecule has 0 aliphatic rings. The van der Waals surface area contributed by atoms with Gasteiger partial charge in [-0.15, -0.1) is 0 Å². The van der Waals surface area contributed by atoms with Crippen molar-refractivity contribution >= 4 is 7.26 Å². The normalized spacial score (nSPS) is 12.0. The molecule has 0 atom stereocenters. The Morgan fingerprint density at radius 1 is 1.00 bits per heavy atom. The number of rotatable bonds is 4. The van der Waals surface area contributed by atoms with Gasteiger partial charge in [-0.3, -0.25) is 0 Å². The molecule has 0 unspecified atom stereocenters. The molecule has 0 spiro atoms. The van der Waals surface area contributed by atoms with E-state index >= 15 is 0 Å². The molecule has 2 N–H and O–H groups in total. The van der Waals surface area contributed by atoms with E-state index in [-0.39, 0.29) is 13.2 Å². The summed E-state index contributed by atoms with van der Waals surface area (Å²) in [4.78, 5) is 0. The number of hydrogen-bond acceptors (Lipinski definition) is 2. The third-order valence-corrected chi connectivity index (χ3v) is 4.23. The molecule has 0 aromatic rings. The molecule has 56 valence electrons. The third-order valence-electron chi connectivity index (χ3n) is 1.41. The summed E-state index contributed by atoms with van der Waals surface area (Å²) < 4.78 is 0. The highest BCUT2D eigenvalue weighted by molar-refractivity contribution is 7.74. The van der Waals surface area contributed by atoms with Crippen molar-refractivity contribution in [2.45, 2.75) is 0 Å². The van der Waals surface area contributed by atoms with Gasteiger partial charge in [-0.05, 0) is 0 Å². The SMILES string of the molecule is C[P+](C)(CCO)CCO. The van der Waals surface area contributed by atoms with Crippen LogP contribution in [0.2, 0.25) is 0 Å². The van der Waals surface area contributed by atoms with Crippen molar-refractivity contribution < 1.29 is 10.2 Å². The average Bonchev–Trinajstić information content (AvgIpc) is 1.64. The molecule has 9 heavy (non-hydrogen) atoms. The summed E-state index contributed by atoms with van der Waals surface area (Å²) in [6.07, 6.45) is 1.76. The lowest BCUT2D eigenvalue weighted by molar-refractivity contribution is 0.315. The van der Waals surface area contributed by atoms with Crippen molar-refractivity contribution in [3.63, 3.8) is 0 Å². The molecule has 0 aliphatic heterocycles. The van der Waals surface area contributed by atoms with Crippen molar-refractivity contribution in [3.8, 4) is 0 Å². The van der Waals surface area contributed by atoms with Crippen LogP contribution in [-0.2, 0) is 0 Å². The standard InChI is InChI=1S/C6H16O2P/c1-9(2,5-3-7)6-4-8/h7-8H,3-6H2,1-2H3/q+1. The number of aliphatic hydroxyl groups is 2. The van der Waals surface area contributed by atoms with Crippen LogP contribution in [0.1, 0.15) is 0 Å². The van der Waals surface area contributed by atoms with Crippen molar-refractivity contribution in [3.05, 3.63) is 0 Å². The first-order chi connectivity index (χ1) is 4.12. The van der Waals surface area contributed by atoms with Gasteiger partial charge < -0.3 is 10.2 Å². The summed E-state index contributed by atoms with van der Waals surface area (Å²) in [6, 6.07) is 0. The Morgan fingerprint density at radius 3 is 1.56 bits per heavy atom. The van der Waals surface area contributed by atoms with Crippen molar-refractivity contribution in [2.75, 3.05) is 38.9 Å². The lowest BCUT2D eigenvalue weighted by Crippen LogP contribution is -2.06. The van der Waals surface area contributed by atoms with Gasteiger partial charge in [0.2, 0.25) is 0 Å². The molecular formula is C6H16O2P+. The second-order valence-electron chi connectivity index (χ2n) is 2.83. The van der Waals surface area contributed by atoms with Gasteiger partial charge in [-0.25, -0.2) is 0 Å². The van der Waals surface area contributed by atoms with Gasteiger partial charge >= 0.3 is 0 Å². The molecule has 0 aliphatic carbocycles. The molecule has 0 saturated carbocycles. The zero-order valence-electron chi connectivity index (χ0n) is 6.17. The Balaban J connectivity index is 3.43. The lowest BCUT2D eigenvalue weighted by Gasteiger charge is -2.14. The van der Waals surface area contributed by atoms with Gasteiger partial charge in [0, 0.05) is 20.6 Å². The molecular weight excluding hydrogens is 135 g/mol. The third kappa shape index (κ3) is 4.83. The Bertz CT molecular complexity index is 65.5.